The van der Waals surface area contributed by atoms with Gasteiger partial charge in [-0.05, 0) is 22.0 Å². The monoisotopic (exact) mass is 348 g/mol. The molecule has 0 bridgehead atoms. The van der Waals surface area contributed by atoms with Crippen LogP contribution in [-0.2, 0) is 4.79 Å². The molecule has 0 fully saturated rings. The molecule has 0 heterocycles. The zero-order chi connectivity index (χ0) is 15.3. The lowest BCUT2D eigenvalue weighted by Gasteiger charge is -2.20. The highest BCUT2D eigenvalue weighted by Gasteiger charge is 2.19. The first-order valence-corrected chi connectivity index (χ1v) is 6.17. The van der Waals surface area contributed by atoms with Crippen molar-refractivity contribution in [1.82, 2.24) is 4.90 Å². The lowest BCUT2D eigenvalue weighted by molar-refractivity contribution is -0.137. The first-order chi connectivity index (χ1) is 9.35. The largest absolute Gasteiger partial charge is 0.480 e. The molecule has 8 heteroatoms. The summed E-state index contributed by atoms with van der Waals surface area (Å²) >= 11 is 2.92. The number of nitrogens with one attached hydrogen (secondary N) is 1. The summed E-state index contributed by atoms with van der Waals surface area (Å²) in [5.74, 6) is -3.00. The van der Waals surface area contributed by atoms with Gasteiger partial charge in [0.2, 0.25) is 0 Å². The Balaban J connectivity index is 2.93. The Morgan fingerprint density at radius 1 is 1.45 bits per heavy atom. The van der Waals surface area contributed by atoms with Crippen LogP contribution in [0.4, 0.5) is 19.3 Å². The van der Waals surface area contributed by atoms with Crippen molar-refractivity contribution in [3.63, 3.8) is 0 Å². The number of nitrogens with zero attached hydrogens (tertiary/aromatic N) is 1. The highest BCUT2D eigenvalue weighted by atomic mass is 79.9. The fraction of sp³-hybridized carbons (Fsp3) is 0.167. The third kappa shape index (κ3) is 4.30. The molecule has 1 rings (SSSR count). The third-order valence-corrected chi connectivity index (χ3v) is 2.83. The van der Waals surface area contributed by atoms with E-state index < -0.39 is 30.2 Å². The van der Waals surface area contributed by atoms with Gasteiger partial charge in [0.15, 0.2) is 5.82 Å². The highest BCUT2D eigenvalue weighted by Crippen LogP contribution is 2.27. The molecule has 2 N–H and O–H groups in total. The van der Waals surface area contributed by atoms with Crippen LogP contribution >= 0.6 is 15.9 Å². The van der Waals surface area contributed by atoms with Crippen LogP contribution in [0, 0.1) is 11.6 Å². The second-order valence-corrected chi connectivity index (χ2v) is 4.59. The predicted molar refractivity (Wildman–Crippen MR) is 72.5 cm³/mol. The minimum atomic E-state index is -1.22. The Morgan fingerprint density at radius 3 is 2.60 bits per heavy atom. The highest BCUT2D eigenvalue weighted by molar-refractivity contribution is 9.10. The van der Waals surface area contributed by atoms with Crippen LogP contribution in [0.1, 0.15) is 0 Å². The molecule has 1 aromatic rings. The third-order valence-electron chi connectivity index (χ3n) is 2.20. The number of hydrogen-bond acceptors (Lipinski definition) is 2. The molecule has 0 unspecified atom stereocenters. The number of aliphatic carboxylic acids is 1. The average Bonchev–Trinajstić information content (AvgIpc) is 2.32. The average molecular weight is 349 g/mol. The van der Waals surface area contributed by atoms with Gasteiger partial charge in [0, 0.05) is 17.1 Å². The van der Waals surface area contributed by atoms with Crippen LogP contribution in [0.5, 0.6) is 0 Å². The fourth-order valence-electron chi connectivity index (χ4n) is 1.39. The number of halogens is 3. The van der Waals surface area contributed by atoms with E-state index >= 15 is 0 Å². The van der Waals surface area contributed by atoms with Gasteiger partial charge >= 0.3 is 12.0 Å². The number of carbonyl (C=O) groups excluding carboxylic acids is 1. The molecule has 5 nitrogen and oxygen atoms in total. The smallest absolute Gasteiger partial charge is 0.323 e. The molecule has 20 heavy (non-hydrogen) atoms. The molecule has 0 saturated heterocycles. The number of hydrogen-bond donors (Lipinski definition) is 2. The minimum absolute atomic E-state index is 0.0113. The number of benzene rings is 1. The summed E-state index contributed by atoms with van der Waals surface area (Å²) in [6, 6.07) is 0.752. The number of anilines is 1. The summed E-state index contributed by atoms with van der Waals surface area (Å²) in [5.41, 5.74) is -0.268. The van der Waals surface area contributed by atoms with E-state index in [2.05, 4.69) is 27.8 Å². The molecule has 2 amide bonds. The minimum Gasteiger partial charge on any atom is -0.480 e. The Hall–Kier alpha value is -1.96. The summed E-state index contributed by atoms with van der Waals surface area (Å²) in [5, 5.41) is 10.9. The molecule has 0 atom stereocenters. The van der Waals surface area contributed by atoms with Crippen LogP contribution in [-0.4, -0.2) is 35.1 Å². The second-order valence-electron chi connectivity index (χ2n) is 3.74. The Kier molecular flexibility index (Phi) is 5.63. The Morgan fingerprint density at radius 2 is 2.10 bits per heavy atom. The van der Waals surface area contributed by atoms with Crippen LogP contribution in [0.3, 0.4) is 0 Å². The number of urea groups is 1. The van der Waals surface area contributed by atoms with Gasteiger partial charge in [-0.25, -0.2) is 13.6 Å². The maximum Gasteiger partial charge on any atom is 0.323 e. The second kappa shape index (κ2) is 6.99. The summed E-state index contributed by atoms with van der Waals surface area (Å²) in [4.78, 5) is 23.4. The molecule has 0 saturated carbocycles. The van der Waals surface area contributed by atoms with E-state index in [9.17, 15) is 18.4 Å². The lowest BCUT2D eigenvalue weighted by Crippen LogP contribution is -2.39. The molecule has 1 aromatic carbocycles. The van der Waals surface area contributed by atoms with E-state index in [1.54, 1.807) is 0 Å². The van der Waals surface area contributed by atoms with E-state index in [-0.39, 0.29) is 16.7 Å². The van der Waals surface area contributed by atoms with Gasteiger partial charge < -0.3 is 15.3 Å². The van der Waals surface area contributed by atoms with Crippen molar-refractivity contribution in [2.24, 2.45) is 0 Å². The van der Waals surface area contributed by atoms with Crippen LogP contribution in [0.15, 0.2) is 29.3 Å². The summed E-state index contributed by atoms with van der Waals surface area (Å²) in [7, 11) is 0. The van der Waals surface area contributed by atoms with Crippen molar-refractivity contribution >= 4 is 33.6 Å². The number of carboxylic acid groups (broad SMARTS) is 1. The van der Waals surface area contributed by atoms with Crippen molar-refractivity contribution in [3.05, 3.63) is 40.9 Å². The molecule has 0 aliphatic rings. The molecular weight excluding hydrogens is 338 g/mol. The normalized spacial score (nSPS) is 9.95. The van der Waals surface area contributed by atoms with E-state index in [4.69, 9.17) is 5.11 Å². The molecule has 0 aliphatic heterocycles. The standard InChI is InChI=1S/C12H11BrF2N2O3/c1-2-3-17(6-10(18)19)12(20)16-11-8(13)4-7(14)5-9(11)15/h2,4-5H,1,3,6H2,(H,16,20)(H,18,19). The summed E-state index contributed by atoms with van der Waals surface area (Å²) < 4.78 is 26.5. The molecular formula is C12H11BrF2N2O3. The molecule has 0 aliphatic carbocycles. The topological polar surface area (TPSA) is 69.6 Å². The zero-order valence-electron chi connectivity index (χ0n) is 10.2. The number of carboxylic acids is 1. The molecule has 0 radical (unpaired) electrons. The Labute approximate surface area is 122 Å². The molecule has 108 valence electrons. The van der Waals surface area contributed by atoms with Gasteiger partial charge in [0.1, 0.15) is 12.4 Å². The van der Waals surface area contributed by atoms with Crippen LogP contribution < -0.4 is 5.32 Å². The van der Waals surface area contributed by atoms with Gasteiger partial charge in [-0.3, -0.25) is 4.79 Å². The number of amides is 2. The quantitative estimate of drug-likeness (QED) is 0.804. The number of carbonyl (C=O) groups is 2. The van der Waals surface area contributed by atoms with Crippen molar-refractivity contribution in [2.75, 3.05) is 18.4 Å². The van der Waals surface area contributed by atoms with Crippen molar-refractivity contribution < 1.29 is 23.5 Å². The first-order valence-electron chi connectivity index (χ1n) is 5.38. The first kappa shape index (κ1) is 16.1. The molecule has 0 aromatic heterocycles. The zero-order valence-corrected chi connectivity index (χ0v) is 11.8. The summed E-state index contributed by atoms with van der Waals surface area (Å²) in [6.45, 7) is 2.80. The van der Waals surface area contributed by atoms with Crippen molar-refractivity contribution in [3.8, 4) is 0 Å². The van der Waals surface area contributed by atoms with Gasteiger partial charge in [0.25, 0.3) is 0 Å². The van der Waals surface area contributed by atoms with E-state index in [0.29, 0.717) is 6.07 Å². The van der Waals surface area contributed by atoms with Crippen LogP contribution in [0.25, 0.3) is 0 Å². The summed E-state index contributed by atoms with van der Waals surface area (Å²) in [6.07, 6.45) is 1.33. The Bertz CT molecular complexity index is 528. The maximum absolute atomic E-state index is 13.5. The molecule has 0 spiro atoms. The predicted octanol–water partition coefficient (Wildman–Crippen LogP) is 2.83. The fourth-order valence-corrected chi connectivity index (χ4v) is 1.89. The van der Waals surface area contributed by atoms with Gasteiger partial charge in [-0.1, -0.05) is 6.08 Å². The maximum atomic E-state index is 13.5. The lowest BCUT2D eigenvalue weighted by atomic mass is 10.3. The van der Waals surface area contributed by atoms with E-state index in [0.717, 1.165) is 11.0 Å². The SMILES string of the molecule is C=CCN(CC(=O)O)C(=O)Nc1c(F)cc(F)cc1Br. The number of rotatable bonds is 5. The van der Waals surface area contributed by atoms with Crippen molar-refractivity contribution in [1.29, 1.82) is 0 Å². The van der Waals surface area contributed by atoms with Gasteiger partial charge in [-0.15, -0.1) is 6.58 Å². The van der Waals surface area contributed by atoms with E-state index in [1.807, 2.05) is 0 Å². The van der Waals surface area contributed by atoms with Crippen LogP contribution in [0.2, 0.25) is 0 Å². The van der Waals surface area contributed by atoms with Gasteiger partial charge in [0.05, 0.1) is 5.69 Å². The van der Waals surface area contributed by atoms with Crippen molar-refractivity contribution in [2.45, 2.75) is 0 Å². The van der Waals surface area contributed by atoms with E-state index in [1.165, 1.54) is 6.08 Å². The van der Waals surface area contributed by atoms with Gasteiger partial charge in [-0.2, -0.15) is 0 Å².